The molecule has 3 heterocycles. The van der Waals surface area contributed by atoms with Crippen LogP contribution in [0.1, 0.15) is 61.1 Å². The van der Waals surface area contributed by atoms with E-state index in [2.05, 4.69) is 40.7 Å². The summed E-state index contributed by atoms with van der Waals surface area (Å²) in [5.41, 5.74) is 9.19. The number of hydrogen-bond acceptors (Lipinski definition) is 9. The molecule has 2 aliphatic rings. The number of nitrogen functional groups attached to an aromatic ring is 1. The summed E-state index contributed by atoms with van der Waals surface area (Å²) in [7, 11) is 0. The Morgan fingerprint density at radius 2 is 2.00 bits per heavy atom. The summed E-state index contributed by atoms with van der Waals surface area (Å²) in [6, 6.07) is 0. The molecule has 11 heteroatoms. The Morgan fingerprint density at radius 3 is 2.71 bits per heavy atom. The predicted octanol–water partition coefficient (Wildman–Crippen LogP) is 1.12. The fourth-order valence-corrected chi connectivity index (χ4v) is 3.82. The molecule has 0 unspecified atom stereocenters. The second kappa shape index (κ2) is 8.46. The van der Waals surface area contributed by atoms with Crippen LogP contribution in [0.5, 0.6) is 0 Å². The van der Waals surface area contributed by atoms with E-state index in [-0.39, 0.29) is 17.3 Å². The van der Waals surface area contributed by atoms with Gasteiger partial charge in [0.1, 0.15) is 5.69 Å². The highest BCUT2D eigenvalue weighted by Gasteiger charge is 2.27. The molecule has 3 N–H and O–H groups in total. The molecule has 0 bridgehead atoms. The van der Waals surface area contributed by atoms with Gasteiger partial charge in [-0.2, -0.15) is 9.78 Å². The van der Waals surface area contributed by atoms with Crippen LogP contribution in [0.25, 0.3) is 5.82 Å². The van der Waals surface area contributed by atoms with Gasteiger partial charge in [-0.1, -0.05) is 24.5 Å². The molecule has 4 rings (SSSR count). The number of rotatable bonds is 6. The zero-order valence-electron chi connectivity index (χ0n) is 15.8. The van der Waals surface area contributed by atoms with Crippen molar-refractivity contribution in [1.82, 2.24) is 35.6 Å². The second-order valence-electron chi connectivity index (χ2n) is 7.37. The molecule has 0 atom stereocenters. The summed E-state index contributed by atoms with van der Waals surface area (Å²) in [5.74, 6) is 0.184. The van der Waals surface area contributed by atoms with Gasteiger partial charge in [-0.05, 0) is 55.0 Å². The monoisotopic (exact) mass is 387 g/mol. The summed E-state index contributed by atoms with van der Waals surface area (Å²) >= 11 is 0. The van der Waals surface area contributed by atoms with Crippen molar-refractivity contribution >= 4 is 17.9 Å². The Morgan fingerprint density at radius 1 is 1.21 bits per heavy atom. The third-order valence-corrected chi connectivity index (χ3v) is 5.32. The van der Waals surface area contributed by atoms with E-state index in [0.29, 0.717) is 18.2 Å². The maximum atomic E-state index is 12.9. The zero-order chi connectivity index (χ0) is 19.3. The Labute approximate surface area is 162 Å². The minimum atomic E-state index is -0.409. The summed E-state index contributed by atoms with van der Waals surface area (Å²) < 4.78 is 5.92. The van der Waals surface area contributed by atoms with Crippen molar-refractivity contribution in [1.29, 1.82) is 0 Å². The molecule has 2 aromatic rings. The van der Waals surface area contributed by atoms with Crippen LogP contribution in [0.4, 0.5) is 5.82 Å². The van der Waals surface area contributed by atoms with E-state index in [1.807, 2.05) is 6.21 Å². The number of hydrogen-bond donors (Lipinski definition) is 2. The lowest BCUT2D eigenvalue weighted by Crippen LogP contribution is -2.26. The van der Waals surface area contributed by atoms with Crippen molar-refractivity contribution in [2.45, 2.75) is 51.5 Å². The van der Waals surface area contributed by atoms with Gasteiger partial charge in [0.15, 0.2) is 5.69 Å². The number of carbonyl (C=O) groups excluding carboxylic acids is 1. The fourth-order valence-electron chi connectivity index (χ4n) is 3.82. The van der Waals surface area contributed by atoms with Gasteiger partial charge in [0.25, 0.3) is 5.91 Å². The standard InChI is InChI=1S/C17H25N9O2/c18-15-16(23-28-22-15)26-14(13(20-24-26)11-25-8-4-5-9-25)17(27)21-19-10-12-6-2-1-3-7-12/h10,12H,1-9,11H2,(H2,18,22)(H,21,27)/b19-10+. The van der Waals surface area contributed by atoms with Crippen molar-refractivity contribution < 1.29 is 9.42 Å². The first-order valence-corrected chi connectivity index (χ1v) is 9.81. The Kier molecular flexibility index (Phi) is 5.60. The molecular weight excluding hydrogens is 362 g/mol. The minimum Gasteiger partial charge on any atom is -0.378 e. The molecule has 1 aliphatic carbocycles. The zero-order valence-corrected chi connectivity index (χ0v) is 15.8. The quantitative estimate of drug-likeness (QED) is 0.555. The normalized spacial score (nSPS) is 18.9. The summed E-state index contributed by atoms with van der Waals surface area (Å²) in [5, 5.41) is 19.7. The van der Waals surface area contributed by atoms with Crippen LogP contribution < -0.4 is 11.2 Å². The lowest BCUT2D eigenvalue weighted by Gasteiger charge is -2.16. The van der Waals surface area contributed by atoms with Crippen LogP contribution in [0.3, 0.4) is 0 Å². The maximum absolute atomic E-state index is 12.9. The van der Waals surface area contributed by atoms with Crippen LogP contribution in [0.2, 0.25) is 0 Å². The first-order chi connectivity index (χ1) is 13.7. The lowest BCUT2D eigenvalue weighted by molar-refractivity contribution is 0.0945. The van der Waals surface area contributed by atoms with Crippen LogP contribution >= 0.6 is 0 Å². The highest BCUT2D eigenvalue weighted by Crippen LogP contribution is 2.22. The van der Waals surface area contributed by atoms with Crippen LogP contribution in [0.15, 0.2) is 9.73 Å². The topological polar surface area (TPSA) is 140 Å². The van der Waals surface area contributed by atoms with E-state index in [1.54, 1.807) is 0 Å². The highest BCUT2D eigenvalue weighted by molar-refractivity contribution is 5.94. The van der Waals surface area contributed by atoms with Crippen LogP contribution in [0, 0.1) is 5.92 Å². The summed E-state index contributed by atoms with van der Waals surface area (Å²) in [6.45, 7) is 2.48. The number of amides is 1. The second-order valence-corrected chi connectivity index (χ2v) is 7.37. The highest BCUT2D eigenvalue weighted by atomic mass is 16.6. The van der Waals surface area contributed by atoms with Crippen molar-refractivity contribution in [2.24, 2.45) is 11.0 Å². The molecule has 28 heavy (non-hydrogen) atoms. The van der Waals surface area contributed by atoms with E-state index in [4.69, 9.17) is 5.73 Å². The van der Waals surface area contributed by atoms with Gasteiger partial charge in [-0.15, -0.1) is 5.10 Å². The van der Waals surface area contributed by atoms with Gasteiger partial charge in [0, 0.05) is 12.8 Å². The summed E-state index contributed by atoms with van der Waals surface area (Å²) in [4.78, 5) is 15.1. The van der Waals surface area contributed by atoms with E-state index in [1.165, 1.54) is 23.9 Å². The third kappa shape index (κ3) is 4.03. The molecule has 0 aromatic carbocycles. The minimum absolute atomic E-state index is 0.0392. The molecule has 1 amide bonds. The number of nitrogens with one attached hydrogen (secondary N) is 1. The van der Waals surface area contributed by atoms with E-state index < -0.39 is 5.91 Å². The van der Waals surface area contributed by atoms with Gasteiger partial charge >= 0.3 is 0 Å². The smallest absolute Gasteiger partial charge is 0.292 e. The molecule has 0 radical (unpaired) electrons. The number of carbonyl (C=O) groups is 1. The van der Waals surface area contributed by atoms with E-state index in [0.717, 1.165) is 38.8 Å². The van der Waals surface area contributed by atoms with Crippen LogP contribution in [-0.4, -0.2) is 55.4 Å². The van der Waals surface area contributed by atoms with Gasteiger partial charge in [0.05, 0.1) is 0 Å². The third-order valence-electron chi connectivity index (χ3n) is 5.32. The number of anilines is 1. The van der Waals surface area contributed by atoms with Gasteiger partial charge in [-0.25, -0.2) is 10.1 Å². The largest absolute Gasteiger partial charge is 0.378 e. The van der Waals surface area contributed by atoms with E-state index >= 15 is 0 Å². The average Bonchev–Trinajstić information content (AvgIpc) is 3.44. The van der Waals surface area contributed by atoms with Gasteiger partial charge in [-0.3, -0.25) is 9.69 Å². The molecule has 0 spiro atoms. The number of hydrazone groups is 1. The Balaban J connectivity index is 1.55. The summed E-state index contributed by atoms with van der Waals surface area (Å²) in [6.07, 6.45) is 10.0. The molecule has 11 nitrogen and oxygen atoms in total. The molecule has 150 valence electrons. The number of nitrogens with zero attached hydrogens (tertiary/aromatic N) is 7. The Hall–Kier alpha value is -2.82. The first-order valence-electron chi connectivity index (χ1n) is 9.81. The first kappa shape index (κ1) is 18.5. The molecular formula is C17H25N9O2. The van der Waals surface area contributed by atoms with Crippen molar-refractivity contribution in [3.63, 3.8) is 0 Å². The SMILES string of the molecule is Nc1nonc1-n1nnc(CN2CCCC2)c1C(=O)N/N=C/C1CCCCC1. The molecule has 1 saturated heterocycles. The molecule has 1 aliphatic heterocycles. The number of likely N-dealkylation sites (tertiary alicyclic amines) is 1. The molecule has 1 saturated carbocycles. The fraction of sp³-hybridized carbons (Fsp3) is 0.647. The van der Waals surface area contributed by atoms with Crippen molar-refractivity contribution in [2.75, 3.05) is 18.8 Å². The Bertz CT molecular complexity index is 832. The molecule has 2 aromatic heterocycles. The predicted molar refractivity (Wildman–Crippen MR) is 101 cm³/mol. The van der Waals surface area contributed by atoms with Crippen LogP contribution in [-0.2, 0) is 6.54 Å². The molecule has 2 fully saturated rings. The van der Waals surface area contributed by atoms with E-state index in [9.17, 15) is 4.79 Å². The van der Waals surface area contributed by atoms with Crippen molar-refractivity contribution in [3.05, 3.63) is 11.4 Å². The van der Waals surface area contributed by atoms with Gasteiger partial charge < -0.3 is 5.73 Å². The van der Waals surface area contributed by atoms with Gasteiger partial charge in [0.2, 0.25) is 11.6 Å². The van der Waals surface area contributed by atoms with Crippen molar-refractivity contribution in [3.8, 4) is 5.82 Å². The average molecular weight is 387 g/mol. The lowest BCUT2D eigenvalue weighted by atomic mass is 9.90. The number of nitrogens with two attached hydrogens (primary N) is 1. The maximum Gasteiger partial charge on any atom is 0.292 e. The number of aromatic nitrogens is 5.